The minimum absolute atomic E-state index is 0.223. The summed E-state index contributed by atoms with van der Waals surface area (Å²) in [5.41, 5.74) is -4.61. The summed E-state index contributed by atoms with van der Waals surface area (Å²) in [4.78, 5) is 9.20. The van der Waals surface area contributed by atoms with E-state index in [1.165, 1.54) is 0 Å². The van der Waals surface area contributed by atoms with Crippen molar-refractivity contribution in [3.8, 4) is 17.2 Å². The zero-order valence-corrected chi connectivity index (χ0v) is 18.7. The number of rotatable bonds is 6. The zero-order valence-electron chi connectivity index (χ0n) is 17.9. The van der Waals surface area contributed by atoms with Crippen molar-refractivity contribution >= 4 is 21.9 Å². The fourth-order valence-corrected chi connectivity index (χ4v) is 4.44. The minimum atomic E-state index is -5.41. The van der Waals surface area contributed by atoms with Gasteiger partial charge in [0.1, 0.15) is 22.2 Å². The summed E-state index contributed by atoms with van der Waals surface area (Å²) in [5, 5.41) is 18.7. The Morgan fingerprint density at radius 2 is 1.41 bits per heavy atom. The topological polar surface area (TPSA) is 101 Å². The fraction of sp³-hybridized carbons (Fsp3) is 0.0870. The third-order valence-electron chi connectivity index (χ3n) is 4.71. The number of hydrogen-bond donors (Lipinski definition) is 2. The van der Waals surface area contributed by atoms with Crippen molar-refractivity contribution in [2.24, 2.45) is 0 Å². The van der Waals surface area contributed by atoms with Crippen molar-refractivity contribution in [1.29, 1.82) is 0 Å². The van der Waals surface area contributed by atoms with Gasteiger partial charge < -0.3 is 14.9 Å². The van der Waals surface area contributed by atoms with Crippen LogP contribution in [0.3, 0.4) is 0 Å². The second kappa shape index (κ2) is 9.76. The second-order valence-corrected chi connectivity index (χ2v) is 9.22. The molecule has 196 valence electrons. The number of benzene rings is 3. The molecule has 0 aliphatic heterocycles. The molecule has 2 N–H and O–H groups in total. The molecule has 0 aliphatic carbocycles. The lowest BCUT2D eigenvalue weighted by Crippen LogP contribution is -2.14. The number of hydrogen-bond acceptors (Lipinski definition) is 5. The monoisotopic (exact) mass is 550 g/mol. The third kappa shape index (κ3) is 6.20. The van der Waals surface area contributed by atoms with Crippen LogP contribution in [0.4, 0.5) is 30.7 Å². The molecule has 0 atom stereocenters. The largest absolute Gasteiger partial charge is 0.507 e. The maximum absolute atomic E-state index is 13.7. The summed E-state index contributed by atoms with van der Waals surface area (Å²) in [6, 6.07) is 5.61. The standard InChI is InChI=1S/C23H13F7O6S/c24-13-2-5-15(6-3-13)37(34,35)19-11-14(4-7-18(19)31)36-21-16(22(25,26)27)9-12(1-8-20(32)33)10-17(21)23(28,29)30/h1-11,31H,(H,32,33)/b8-1+. The number of phenols is 1. The van der Waals surface area contributed by atoms with Crippen LogP contribution in [0.2, 0.25) is 0 Å². The molecular formula is C23H13F7O6S. The van der Waals surface area contributed by atoms with Crippen LogP contribution in [-0.4, -0.2) is 24.6 Å². The molecule has 0 amide bonds. The van der Waals surface area contributed by atoms with Crippen molar-refractivity contribution in [3.05, 3.63) is 83.2 Å². The molecular weight excluding hydrogens is 537 g/mol. The summed E-state index contributed by atoms with van der Waals surface area (Å²) >= 11 is 0. The van der Waals surface area contributed by atoms with Gasteiger partial charge in [-0.25, -0.2) is 17.6 Å². The number of phenolic OH excluding ortho intramolecular Hbond substituents is 1. The van der Waals surface area contributed by atoms with Crippen LogP contribution in [-0.2, 0) is 27.0 Å². The normalized spacial score (nSPS) is 12.6. The number of halogens is 7. The third-order valence-corrected chi connectivity index (χ3v) is 6.50. The van der Waals surface area contributed by atoms with Crippen LogP contribution in [0.25, 0.3) is 6.08 Å². The van der Waals surface area contributed by atoms with Gasteiger partial charge in [-0.3, -0.25) is 0 Å². The predicted molar refractivity (Wildman–Crippen MR) is 113 cm³/mol. The average molecular weight is 550 g/mol. The number of carbonyl (C=O) groups is 1. The molecule has 3 rings (SSSR count). The lowest BCUT2D eigenvalue weighted by Gasteiger charge is -2.20. The highest BCUT2D eigenvalue weighted by molar-refractivity contribution is 7.91. The highest BCUT2D eigenvalue weighted by Gasteiger charge is 2.43. The van der Waals surface area contributed by atoms with E-state index in [0.717, 1.165) is 30.3 Å². The summed E-state index contributed by atoms with van der Waals surface area (Å²) in [7, 11) is -4.61. The number of alkyl halides is 6. The van der Waals surface area contributed by atoms with Gasteiger partial charge in [-0.2, -0.15) is 26.3 Å². The summed E-state index contributed by atoms with van der Waals surface area (Å²) in [6.07, 6.45) is -9.97. The molecule has 0 bridgehead atoms. The van der Waals surface area contributed by atoms with Crippen LogP contribution in [0.5, 0.6) is 17.2 Å². The Kier molecular flexibility index (Phi) is 7.26. The average Bonchev–Trinajstić information content (AvgIpc) is 2.78. The van der Waals surface area contributed by atoms with E-state index in [4.69, 9.17) is 9.84 Å². The van der Waals surface area contributed by atoms with Crippen LogP contribution < -0.4 is 4.74 Å². The summed E-state index contributed by atoms with van der Waals surface area (Å²) in [6.45, 7) is 0. The van der Waals surface area contributed by atoms with E-state index in [-0.39, 0.29) is 12.1 Å². The highest BCUT2D eigenvalue weighted by atomic mass is 32.2. The number of carboxylic acid groups (broad SMARTS) is 1. The molecule has 0 aromatic heterocycles. The molecule has 3 aromatic carbocycles. The van der Waals surface area contributed by atoms with Gasteiger partial charge in [0.05, 0.1) is 16.0 Å². The smallest absolute Gasteiger partial charge is 0.420 e. The first-order valence-corrected chi connectivity index (χ1v) is 11.2. The molecule has 0 aliphatic rings. The van der Waals surface area contributed by atoms with Crippen molar-refractivity contribution in [1.82, 2.24) is 0 Å². The van der Waals surface area contributed by atoms with Gasteiger partial charge in [0.15, 0.2) is 5.75 Å². The van der Waals surface area contributed by atoms with Crippen LogP contribution >= 0.6 is 0 Å². The molecule has 0 unspecified atom stereocenters. The molecule has 0 saturated heterocycles. The molecule has 0 heterocycles. The maximum atomic E-state index is 13.7. The first kappa shape index (κ1) is 27.5. The van der Waals surface area contributed by atoms with E-state index in [9.17, 15) is 49.1 Å². The van der Waals surface area contributed by atoms with Gasteiger partial charge in [0.2, 0.25) is 9.84 Å². The van der Waals surface area contributed by atoms with E-state index < -0.39 is 77.7 Å². The molecule has 0 spiro atoms. The molecule has 37 heavy (non-hydrogen) atoms. The van der Waals surface area contributed by atoms with E-state index in [1.54, 1.807) is 0 Å². The summed E-state index contributed by atoms with van der Waals surface area (Å²) in [5.74, 6) is -5.87. The van der Waals surface area contributed by atoms with Gasteiger partial charge in [-0.1, -0.05) is 0 Å². The lowest BCUT2D eigenvalue weighted by atomic mass is 10.0. The van der Waals surface area contributed by atoms with Crippen molar-refractivity contribution in [3.63, 3.8) is 0 Å². The minimum Gasteiger partial charge on any atom is -0.507 e. The molecule has 3 aromatic rings. The Hall–Kier alpha value is -4.07. The molecule has 14 heteroatoms. The summed E-state index contributed by atoms with van der Waals surface area (Å²) < 4.78 is 126. The van der Waals surface area contributed by atoms with E-state index in [2.05, 4.69) is 0 Å². The number of ether oxygens (including phenoxy) is 1. The first-order valence-electron chi connectivity index (χ1n) is 9.75. The SMILES string of the molecule is O=C(O)/C=C/c1cc(C(F)(F)F)c(Oc2ccc(O)c(S(=O)(=O)c3ccc(F)cc3)c2)c(C(F)(F)F)c1. The molecule has 6 nitrogen and oxygen atoms in total. The second-order valence-electron chi connectivity index (χ2n) is 7.30. The van der Waals surface area contributed by atoms with Gasteiger partial charge in [0, 0.05) is 12.1 Å². The zero-order chi connectivity index (χ0) is 27.8. The van der Waals surface area contributed by atoms with Crippen molar-refractivity contribution < 1.29 is 58.9 Å². The van der Waals surface area contributed by atoms with Gasteiger partial charge in [-0.15, -0.1) is 0 Å². The lowest BCUT2D eigenvalue weighted by molar-refractivity contribution is -0.145. The van der Waals surface area contributed by atoms with Crippen molar-refractivity contribution in [2.75, 3.05) is 0 Å². The molecule has 0 fully saturated rings. The maximum Gasteiger partial charge on any atom is 0.420 e. The Bertz CT molecular complexity index is 1440. The Morgan fingerprint density at radius 1 is 0.865 bits per heavy atom. The van der Waals surface area contributed by atoms with Crippen LogP contribution in [0.15, 0.2) is 70.5 Å². The fourth-order valence-electron chi connectivity index (χ4n) is 3.08. The number of aromatic hydroxyl groups is 1. The van der Waals surface area contributed by atoms with Gasteiger partial charge >= 0.3 is 18.3 Å². The Morgan fingerprint density at radius 3 is 1.89 bits per heavy atom. The van der Waals surface area contributed by atoms with E-state index in [0.29, 0.717) is 24.3 Å². The van der Waals surface area contributed by atoms with E-state index >= 15 is 0 Å². The molecule has 0 saturated carbocycles. The van der Waals surface area contributed by atoms with Gasteiger partial charge in [-0.05, 0) is 60.2 Å². The first-order chi connectivity index (χ1) is 17.0. The number of aliphatic carboxylic acids is 1. The highest BCUT2D eigenvalue weighted by Crippen LogP contribution is 2.47. The predicted octanol–water partition coefficient (Wildman–Crippen LogP) is 6.29. The van der Waals surface area contributed by atoms with E-state index in [1.807, 2.05) is 0 Å². The number of carboxylic acids is 1. The quantitative estimate of drug-likeness (QED) is 0.213. The van der Waals surface area contributed by atoms with Crippen LogP contribution in [0.1, 0.15) is 16.7 Å². The Labute approximate surface area is 203 Å². The Balaban J connectivity index is 2.20. The van der Waals surface area contributed by atoms with Gasteiger partial charge in [0.25, 0.3) is 0 Å². The van der Waals surface area contributed by atoms with Crippen molar-refractivity contribution in [2.45, 2.75) is 22.1 Å². The molecule has 0 radical (unpaired) electrons. The number of sulfone groups is 1. The van der Waals surface area contributed by atoms with Crippen LogP contribution in [0, 0.1) is 5.82 Å².